The number of thioether (sulfide) groups is 1. The van der Waals surface area contributed by atoms with Gasteiger partial charge in [0, 0.05) is 34.3 Å². The molecular weight excluding hydrogens is 422 g/mol. The van der Waals surface area contributed by atoms with Crippen LogP contribution in [0, 0.1) is 0 Å². The minimum Gasteiger partial charge on any atom is -0.507 e. The molecule has 3 N–H and O–H groups in total. The van der Waals surface area contributed by atoms with Gasteiger partial charge in [-0.05, 0) is 31.2 Å². The predicted molar refractivity (Wildman–Crippen MR) is 128 cm³/mol. The molecule has 0 amide bonds. The van der Waals surface area contributed by atoms with Crippen LogP contribution in [0.1, 0.15) is 28.5 Å². The first-order valence-corrected chi connectivity index (χ1v) is 12.3. The number of piperazine rings is 1. The number of carbonyl (C=O) groups is 1. The topological polar surface area (TPSA) is 60.3 Å². The van der Waals surface area contributed by atoms with Gasteiger partial charge in [0.15, 0.2) is 0 Å². The van der Waals surface area contributed by atoms with Crippen LogP contribution in [0.4, 0.5) is 0 Å². The molecule has 0 aliphatic carbocycles. The Labute approximate surface area is 193 Å². The molecule has 0 atom stereocenters. The van der Waals surface area contributed by atoms with E-state index < -0.39 is 0 Å². The Morgan fingerprint density at radius 3 is 2.53 bits per heavy atom. The average molecular weight is 456 g/mol. The molecule has 0 saturated carbocycles. The van der Waals surface area contributed by atoms with Crippen molar-refractivity contribution in [3.8, 4) is 5.75 Å². The number of esters is 1. The van der Waals surface area contributed by atoms with E-state index in [0.717, 1.165) is 53.2 Å². The standard InChI is InChI=1S/C25H31N3O3S/c1-4-31-25(30)24-21(17-32-18-8-6-5-7-9-18)27(3)20-10-11-22(29)19(23(20)24)16-28-14-12-26(2)13-15-28/h5-11,29H,4,12-17H2,1-3H3/p+2. The molecule has 1 saturated heterocycles. The van der Waals surface area contributed by atoms with Crippen molar-refractivity contribution in [3.63, 3.8) is 0 Å². The Bertz CT molecular complexity index is 1090. The summed E-state index contributed by atoms with van der Waals surface area (Å²) in [4.78, 5) is 17.3. The van der Waals surface area contributed by atoms with Crippen LogP contribution in [0.15, 0.2) is 47.4 Å². The molecule has 1 aliphatic rings. The molecule has 0 spiro atoms. The van der Waals surface area contributed by atoms with Crippen LogP contribution in [-0.2, 0) is 24.1 Å². The summed E-state index contributed by atoms with van der Waals surface area (Å²) in [5, 5.41) is 11.7. The van der Waals surface area contributed by atoms with E-state index in [-0.39, 0.29) is 11.7 Å². The van der Waals surface area contributed by atoms with Crippen molar-refractivity contribution in [3.05, 3.63) is 59.3 Å². The number of carbonyl (C=O) groups excluding carboxylic acids is 1. The molecule has 3 aromatic rings. The van der Waals surface area contributed by atoms with Crippen molar-refractivity contribution in [2.75, 3.05) is 39.8 Å². The zero-order chi connectivity index (χ0) is 22.7. The molecule has 170 valence electrons. The fraction of sp³-hybridized carbons (Fsp3) is 0.400. The summed E-state index contributed by atoms with van der Waals surface area (Å²) < 4.78 is 7.57. The van der Waals surface area contributed by atoms with Gasteiger partial charge in [0.05, 0.1) is 24.8 Å². The predicted octanol–water partition coefficient (Wildman–Crippen LogP) is 1.27. The average Bonchev–Trinajstić information content (AvgIpc) is 3.08. The number of phenolic OH excluding ortho intramolecular Hbond substituents is 1. The first-order valence-electron chi connectivity index (χ1n) is 11.3. The lowest BCUT2D eigenvalue weighted by atomic mass is 10.0. The first-order chi connectivity index (χ1) is 15.5. The van der Waals surface area contributed by atoms with E-state index in [4.69, 9.17) is 4.74 Å². The highest BCUT2D eigenvalue weighted by Crippen LogP contribution is 2.36. The number of nitrogens with zero attached hydrogens (tertiary/aromatic N) is 1. The van der Waals surface area contributed by atoms with Crippen molar-refractivity contribution < 1.29 is 24.4 Å². The lowest BCUT2D eigenvalue weighted by Gasteiger charge is -2.27. The Hall–Kier alpha value is -2.48. The number of hydrogen-bond donors (Lipinski definition) is 3. The molecule has 7 heteroatoms. The Morgan fingerprint density at radius 1 is 1.12 bits per heavy atom. The monoisotopic (exact) mass is 455 g/mol. The van der Waals surface area contributed by atoms with Gasteiger partial charge < -0.3 is 24.2 Å². The van der Waals surface area contributed by atoms with E-state index in [0.29, 0.717) is 24.5 Å². The minimum atomic E-state index is -0.313. The van der Waals surface area contributed by atoms with Gasteiger partial charge in [0.1, 0.15) is 38.5 Å². The maximum atomic E-state index is 13.2. The van der Waals surface area contributed by atoms with Gasteiger partial charge in [-0.15, -0.1) is 11.8 Å². The SMILES string of the molecule is CCOC(=O)c1c(CSc2ccccc2)n(C)c2ccc(O)c(C[NH+]3CC[NH+](C)CC3)c12. The maximum absolute atomic E-state index is 13.2. The maximum Gasteiger partial charge on any atom is 0.340 e. The number of benzene rings is 2. The molecular formula is C25H33N3O3S+2. The summed E-state index contributed by atoms with van der Waals surface area (Å²) in [6.45, 7) is 7.20. The summed E-state index contributed by atoms with van der Waals surface area (Å²) in [6, 6.07) is 13.9. The fourth-order valence-electron chi connectivity index (χ4n) is 4.54. The molecule has 0 bridgehead atoms. The number of likely N-dealkylation sites (N-methyl/N-ethyl adjacent to an activating group) is 1. The summed E-state index contributed by atoms with van der Waals surface area (Å²) in [7, 11) is 4.22. The van der Waals surface area contributed by atoms with Crippen LogP contribution in [0.25, 0.3) is 10.9 Å². The largest absolute Gasteiger partial charge is 0.507 e. The van der Waals surface area contributed by atoms with E-state index in [1.165, 1.54) is 4.90 Å². The number of aromatic nitrogens is 1. The van der Waals surface area contributed by atoms with Crippen LogP contribution in [-0.4, -0.2) is 55.5 Å². The molecule has 1 aromatic heterocycles. The number of phenols is 1. The number of hydrogen-bond acceptors (Lipinski definition) is 4. The number of rotatable bonds is 7. The molecule has 0 unspecified atom stereocenters. The van der Waals surface area contributed by atoms with Crippen LogP contribution in [0.5, 0.6) is 5.75 Å². The van der Waals surface area contributed by atoms with E-state index in [9.17, 15) is 9.90 Å². The first kappa shape index (κ1) is 22.7. The van der Waals surface area contributed by atoms with Gasteiger partial charge in [-0.3, -0.25) is 0 Å². The van der Waals surface area contributed by atoms with Gasteiger partial charge in [-0.25, -0.2) is 4.79 Å². The lowest BCUT2D eigenvalue weighted by Crippen LogP contribution is -3.26. The third-order valence-electron chi connectivity index (χ3n) is 6.41. The summed E-state index contributed by atoms with van der Waals surface area (Å²) in [5.74, 6) is 0.593. The number of aryl methyl sites for hydroxylation is 1. The second kappa shape index (κ2) is 9.98. The quantitative estimate of drug-likeness (QED) is 0.371. The normalized spacial score (nSPS) is 18.7. The zero-order valence-electron chi connectivity index (χ0n) is 19.1. The number of quaternary nitrogens is 2. The van der Waals surface area contributed by atoms with Crippen molar-refractivity contribution in [1.29, 1.82) is 0 Å². The van der Waals surface area contributed by atoms with Crippen molar-refractivity contribution in [2.24, 2.45) is 7.05 Å². The highest BCUT2D eigenvalue weighted by atomic mass is 32.2. The van der Waals surface area contributed by atoms with Crippen LogP contribution in [0.2, 0.25) is 0 Å². The van der Waals surface area contributed by atoms with Crippen molar-refractivity contribution >= 4 is 28.6 Å². The molecule has 2 heterocycles. The molecule has 0 radical (unpaired) electrons. The number of aromatic hydroxyl groups is 1. The van der Waals surface area contributed by atoms with Crippen LogP contribution in [0.3, 0.4) is 0 Å². The molecule has 1 aliphatic heterocycles. The second-order valence-electron chi connectivity index (χ2n) is 8.54. The van der Waals surface area contributed by atoms with Gasteiger partial charge in [0.25, 0.3) is 0 Å². The van der Waals surface area contributed by atoms with Crippen molar-refractivity contribution in [1.82, 2.24) is 4.57 Å². The van der Waals surface area contributed by atoms with Gasteiger partial charge in [0.2, 0.25) is 0 Å². The Balaban J connectivity index is 1.78. The van der Waals surface area contributed by atoms with Gasteiger partial charge in [-0.1, -0.05) is 18.2 Å². The smallest absolute Gasteiger partial charge is 0.340 e. The third-order valence-corrected chi connectivity index (χ3v) is 7.43. The summed E-state index contributed by atoms with van der Waals surface area (Å²) in [5.41, 5.74) is 3.34. The van der Waals surface area contributed by atoms with Gasteiger partial charge >= 0.3 is 5.97 Å². The van der Waals surface area contributed by atoms with E-state index >= 15 is 0 Å². The van der Waals surface area contributed by atoms with Gasteiger partial charge in [-0.2, -0.15) is 0 Å². The van der Waals surface area contributed by atoms with Crippen LogP contribution >= 0.6 is 11.8 Å². The van der Waals surface area contributed by atoms with Crippen molar-refractivity contribution in [2.45, 2.75) is 24.1 Å². The molecule has 6 nitrogen and oxygen atoms in total. The highest BCUT2D eigenvalue weighted by molar-refractivity contribution is 7.98. The Kier molecular flexibility index (Phi) is 7.08. The van der Waals surface area contributed by atoms with E-state index in [1.54, 1.807) is 22.7 Å². The van der Waals surface area contributed by atoms with E-state index in [1.807, 2.05) is 38.2 Å². The third kappa shape index (κ3) is 4.65. The van der Waals surface area contributed by atoms with E-state index in [2.05, 4.69) is 23.7 Å². The molecule has 2 aromatic carbocycles. The molecule has 1 fully saturated rings. The fourth-order valence-corrected chi connectivity index (χ4v) is 5.53. The molecule has 4 rings (SSSR count). The number of ether oxygens (including phenoxy) is 1. The summed E-state index contributed by atoms with van der Waals surface area (Å²) in [6.07, 6.45) is 0. The Morgan fingerprint density at radius 2 is 1.84 bits per heavy atom. The highest BCUT2D eigenvalue weighted by Gasteiger charge is 2.29. The second-order valence-corrected chi connectivity index (χ2v) is 9.59. The number of nitrogens with one attached hydrogen (secondary N) is 2. The molecule has 32 heavy (non-hydrogen) atoms. The summed E-state index contributed by atoms with van der Waals surface area (Å²) >= 11 is 1.70. The zero-order valence-corrected chi connectivity index (χ0v) is 19.9. The minimum absolute atomic E-state index is 0.259. The lowest BCUT2D eigenvalue weighted by molar-refractivity contribution is -1.01. The van der Waals surface area contributed by atoms with Crippen LogP contribution < -0.4 is 9.80 Å². The number of fused-ring (bicyclic) bond motifs is 1.